The standard InChI is InChI=1S/C17H18ClN3O2/c18-14-9-8-13(11-15(14)21-16(22)7-4-10-19)20-17(23)12-5-2-1-3-6-12/h1-3,5-6,8-9,11H,4,7,10,19H2,(H,20,23)(H,21,22). The molecule has 0 aliphatic heterocycles. The van der Waals surface area contributed by atoms with Gasteiger partial charge in [-0.2, -0.15) is 0 Å². The molecule has 0 saturated heterocycles. The number of benzene rings is 2. The summed E-state index contributed by atoms with van der Waals surface area (Å²) in [6, 6.07) is 13.8. The Morgan fingerprint density at radius 3 is 2.48 bits per heavy atom. The Hall–Kier alpha value is -2.37. The molecule has 0 fully saturated rings. The Bertz CT molecular complexity index is 689. The van der Waals surface area contributed by atoms with E-state index in [-0.39, 0.29) is 11.8 Å². The molecule has 4 N–H and O–H groups in total. The summed E-state index contributed by atoms with van der Waals surface area (Å²) in [5, 5.41) is 5.90. The van der Waals surface area contributed by atoms with Crippen molar-refractivity contribution in [2.24, 2.45) is 5.73 Å². The van der Waals surface area contributed by atoms with Crippen molar-refractivity contribution in [2.75, 3.05) is 17.2 Å². The van der Waals surface area contributed by atoms with Crippen LogP contribution in [0.3, 0.4) is 0 Å². The average Bonchev–Trinajstić information content (AvgIpc) is 2.56. The fourth-order valence-electron chi connectivity index (χ4n) is 1.97. The number of nitrogens with one attached hydrogen (secondary N) is 2. The molecule has 2 aromatic carbocycles. The van der Waals surface area contributed by atoms with E-state index in [0.29, 0.717) is 41.3 Å². The molecule has 2 aromatic rings. The first-order valence-electron chi connectivity index (χ1n) is 7.26. The van der Waals surface area contributed by atoms with Crippen molar-refractivity contribution in [3.05, 3.63) is 59.1 Å². The van der Waals surface area contributed by atoms with Crippen LogP contribution in [0.2, 0.25) is 5.02 Å². The average molecular weight is 332 g/mol. The van der Waals surface area contributed by atoms with Crippen LogP contribution in [0.5, 0.6) is 0 Å². The van der Waals surface area contributed by atoms with Crippen LogP contribution >= 0.6 is 11.6 Å². The van der Waals surface area contributed by atoms with Gasteiger partial charge in [0, 0.05) is 17.7 Å². The highest BCUT2D eigenvalue weighted by Crippen LogP contribution is 2.26. The number of amides is 2. The summed E-state index contributed by atoms with van der Waals surface area (Å²) in [7, 11) is 0. The largest absolute Gasteiger partial charge is 0.330 e. The fourth-order valence-corrected chi connectivity index (χ4v) is 2.13. The second kappa shape index (κ2) is 8.31. The summed E-state index contributed by atoms with van der Waals surface area (Å²) in [6.45, 7) is 0.453. The van der Waals surface area contributed by atoms with E-state index < -0.39 is 0 Å². The second-order valence-electron chi connectivity index (χ2n) is 4.96. The van der Waals surface area contributed by atoms with Crippen LogP contribution in [-0.2, 0) is 4.79 Å². The van der Waals surface area contributed by atoms with Gasteiger partial charge in [0.25, 0.3) is 5.91 Å². The van der Waals surface area contributed by atoms with Crippen molar-refractivity contribution in [1.29, 1.82) is 0 Å². The third kappa shape index (κ3) is 5.09. The van der Waals surface area contributed by atoms with Crippen LogP contribution < -0.4 is 16.4 Å². The van der Waals surface area contributed by atoms with E-state index in [2.05, 4.69) is 10.6 Å². The summed E-state index contributed by atoms with van der Waals surface area (Å²) in [6.07, 6.45) is 0.932. The van der Waals surface area contributed by atoms with Gasteiger partial charge in [0.15, 0.2) is 0 Å². The van der Waals surface area contributed by atoms with Gasteiger partial charge in [-0.15, -0.1) is 0 Å². The summed E-state index contributed by atoms with van der Waals surface area (Å²) >= 11 is 6.08. The van der Waals surface area contributed by atoms with Crippen molar-refractivity contribution in [3.8, 4) is 0 Å². The summed E-state index contributed by atoms with van der Waals surface area (Å²) in [5.41, 5.74) is 6.94. The lowest BCUT2D eigenvalue weighted by Crippen LogP contribution is -2.15. The topological polar surface area (TPSA) is 84.2 Å². The van der Waals surface area contributed by atoms with Crippen molar-refractivity contribution in [2.45, 2.75) is 12.8 Å². The first-order chi connectivity index (χ1) is 11.1. The minimum atomic E-state index is -0.228. The third-order valence-corrected chi connectivity index (χ3v) is 3.47. The quantitative estimate of drug-likeness (QED) is 0.759. The minimum absolute atomic E-state index is 0.163. The SMILES string of the molecule is NCCCC(=O)Nc1cc(NC(=O)c2ccccc2)ccc1Cl. The van der Waals surface area contributed by atoms with Crippen LogP contribution in [0.1, 0.15) is 23.2 Å². The zero-order valence-electron chi connectivity index (χ0n) is 12.5. The number of halogens is 1. The van der Waals surface area contributed by atoms with Crippen molar-refractivity contribution >= 4 is 34.8 Å². The molecule has 0 radical (unpaired) electrons. The smallest absolute Gasteiger partial charge is 0.255 e. The van der Waals surface area contributed by atoms with Gasteiger partial charge >= 0.3 is 0 Å². The normalized spacial score (nSPS) is 10.2. The first-order valence-corrected chi connectivity index (χ1v) is 7.64. The molecule has 0 heterocycles. The Balaban J connectivity index is 2.07. The lowest BCUT2D eigenvalue weighted by Gasteiger charge is -2.10. The van der Waals surface area contributed by atoms with Crippen LogP contribution in [0.4, 0.5) is 11.4 Å². The maximum atomic E-state index is 12.1. The van der Waals surface area contributed by atoms with E-state index >= 15 is 0 Å². The number of hydrogen-bond acceptors (Lipinski definition) is 3. The van der Waals surface area contributed by atoms with E-state index in [1.54, 1.807) is 42.5 Å². The van der Waals surface area contributed by atoms with E-state index in [9.17, 15) is 9.59 Å². The summed E-state index contributed by atoms with van der Waals surface area (Å²) in [4.78, 5) is 23.9. The van der Waals surface area contributed by atoms with Crippen LogP contribution in [-0.4, -0.2) is 18.4 Å². The number of carbonyl (C=O) groups is 2. The van der Waals surface area contributed by atoms with Gasteiger partial charge in [-0.3, -0.25) is 9.59 Å². The molecule has 0 aliphatic rings. The Morgan fingerprint density at radius 1 is 1.04 bits per heavy atom. The Kier molecular flexibility index (Phi) is 6.14. The van der Waals surface area contributed by atoms with Crippen LogP contribution in [0.25, 0.3) is 0 Å². The summed E-state index contributed by atoms with van der Waals surface area (Å²) < 4.78 is 0. The number of nitrogens with two attached hydrogens (primary N) is 1. The maximum Gasteiger partial charge on any atom is 0.255 e. The number of carbonyl (C=O) groups excluding carboxylic acids is 2. The zero-order chi connectivity index (χ0) is 16.7. The fraction of sp³-hybridized carbons (Fsp3) is 0.176. The van der Waals surface area contributed by atoms with E-state index in [4.69, 9.17) is 17.3 Å². The molecule has 0 atom stereocenters. The molecule has 0 spiro atoms. The molecule has 2 amide bonds. The van der Waals surface area contributed by atoms with E-state index in [1.165, 1.54) is 0 Å². The molecule has 0 saturated carbocycles. The van der Waals surface area contributed by atoms with E-state index in [1.807, 2.05) is 6.07 Å². The molecule has 0 unspecified atom stereocenters. The monoisotopic (exact) mass is 331 g/mol. The highest BCUT2D eigenvalue weighted by Gasteiger charge is 2.09. The van der Waals surface area contributed by atoms with Crippen LogP contribution in [0, 0.1) is 0 Å². The molecule has 120 valence electrons. The predicted molar refractivity (Wildman–Crippen MR) is 92.8 cm³/mol. The predicted octanol–water partition coefficient (Wildman–Crippen LogP) is 3.27. The zero-order valence-corrected chi connectivity index (χ0v) is 13.3. The molecule has 0 aliphatic carbocycles. The molecule has 6 heteroatoms. The Morgan fingerprint density at radius 2 is 1.78 bits per heavy atom. The molecule has 0 aromatic heterocycles. The highest BCUT2D eigenvalue weighted by atomic mass is 35.5. The molecule has 0 bridgehead atoms. The first kappa shape index (κ1) is 17.0. The third-order valence-electron chi connectivity index (χ3n) is 3.14. The second-order valence-corrected chi connectivity index (χ2v) is 5.36. The minimum Gasteiger partial charge on any atom is -0.330 e. The Labute approximate surface area is 139 Å². The van der Waals surface area contributed by atoms with Crippen molar-refractivity contribution in [1.82, 2.24) is 0 Å². The van der Waals surface area contributed by atoms with Gasteiger partial charge in [-0.05, 0) is 43.3 Å². The molecular weight excluding hydrogens is 314 g/mol. The lowest BCUT2D eigenvalue weighted by molar-refractivity contribution is -0.116. The lowest BCUT2D eigenvalue weighted by atomic mass is 10.2. The van der Waals surface area contributed by atoms with Gasteiger partial charge in [-0.25, -0.2) is 0 Å². The van der Waals surface area contributed by atoms with Gasteiger partial charge in [0.2, 0.25) is 5.91 Å². The highest BCUT2D eigenvalue weighted by molar-refractivity contribution is 6.33. The maximum absolute atomic E-state index is 12.1. The molecule has 2 rings (SSSR count). The number of anilines is 2. The van der Waals surface area contributed by atoms with Crippen molar-refractivity contribution < 1.29 is 9.59 Å². The van der Waals surface area contributed by atoms with Crippen molar-refractivity contribution in [3.63, 3.8) is 0 Å². The number of hydrogen-bond donors (Lipinski definition) is 3. The van der Waals surface area contributed by atoms with Crippen LogP contribution in [0.15, 0.2) is 48.5 Å². The molecule has 5 nitrogen and oxygen atoms in total. The van der Waals surface area contributed by atoms with E-state index in [0.717, 1.165) is 0 Å². The number of rotatable bonds is 6. The summed E-state index contributed by atoms with van der Waals surface area (Å²) in [5.74, 6) is -0.391. The van der Waals surface area contributed by atoms with Gasteiger partial charge in [0.1, 0.15) is 0 Å². The molecule has 23 heavy (non-hydrogen) atoms. The van der Waals surface area contributed by atoms with Gasteiger partial charge in [-0.1, -0.05) is 29.8 Å². The van der Waals surface area contributed by atoms with Gasteiger partial charge in [0.05, 0.1) is 10.7 Å². The molecular formula is C17H18ClN3O2. The van der Waals surface area contributed by atoms with Gasteiger partial charge < -0.3 is 16.4 Å².